The second-order valence-electron chi connectivity index (χ2n) is 7.17. The number of hydrogen-bond acceptors (Lipinski definition) is 4. The Labute approximate surface area is 164 Å². The fourth-order valence-corrected chi connectivity index (χ4v) is 2.90. The van der Waals surface area contributed by atoms with Crippen molar-refractivity contribution in [3.8, 4) is 0 Å². The molecule has 28 heavy (non-hydrogen) atoms. The highest BCUT2D eigenvalue weighted by Crippen LogP contribution is 2.19. The van der Waals surface area contributed by atoms with Gasteiger partial charge >= 0.3 is 0 Å². The van der Waals surface area contributed by atoms with Gasteiger partial charge in [0.15, 0.2) is 0 Å². The van der Waals surface area contributed by atoms with E-state index in [2.05, 4.69) is 15.6 Å². The quantitative estimate of drug-likeness (QED) is 0.428. The highest BCUT2D eigenvalue weighted by Gasteiger charge is 2.28. The van der Waals surface area contributed by atoms with E-state index in [0.29, 0.717) is 0 Å². The van der Waals surface area contributed by atoms with Crippen molar-refractivity contribution in [1.29, 1.82) is 0 Å². The average molecular weight is 387 g/mol. The molecule has 0 aliphatic rings. The minimum atomic E-state index is -0.886. The van der Waals surface area contributed by atoms with Crippen molar-refractivity contribution >= 4 is 28.6 Å². The first-order chi connectivity index (χ1) is 13.2. The third-order valence-electron chi connectivity index (χ3n) is 5.08. The van der Waals surface area contributed by atoms with Gasteiger partial charge in [-0.05, 0) is 24.5 Å². The Hall–Kier alpha value is -2.87. The Kier molecular flexibility index (Phi) is 7.17. The number of aromatic amines is 1. The van der Waals surface area contributed by atoms with Crippen LogP contribution < -0.4 is 22.1 Å². The Morgan fingerprint density at radius 2 is 1.79 bits per heavy atom. The smallest absolute Gasteiger partial charge is 0.243 e. The zero-order chi connectivity index (χ0) is 20.8. The van der Waals surface area contributed by atoms with Gasteiger partial charge in [-0.15, -0.1) is 0 Å². The topological polar surface area (TPSA) is 143 Å². The third-order valence-corrected chi connectivity index (χ3v) is 5.08. The van der Waals surface area contributed by atoms with E-state index in [9.17, 15) is 14.4 Å². The molecule has 1 aromatic carbocycles. The van der Waals surface area contributed by atoms with Crippen LogP contribution in [-0.4, -0.2) is 40.8 Å². The number of benzene rings is 1. The number of carbonyl (C=O) groups excluding carboxylic acids is 3. The van der Waals surface area contributed by atoms with Crippen LogP contribution >= 0.6 is 0 Å². The van der Waals surface area contributed by atoms with Crippen molar-refractivity contribution < 1.29 is 14.4 Å². The molecule has 0 fully saturated rings. The number of amides is 3. The van der Waals surface area contributed by atoms with Gasteiger partial charge in [-0.25, -0.2) is 0 Å². The molecule has 0 unspecified atom stereocenters. The van der Waals surface area contributed by atoms with Gasteiger partial charge in [-0.2, -0.15) is 0 Å². The van der Waals surface area contributed by atoms with Crippen LogP contribution in [0, 0.1) is 5.92 Å². The minimum absolute atomic E-state index is 0.0265. The van der Waals surface area contributed by atoms with E-state index in [1.54, 1.807) is 0 Å². The first-order valence-electron chi connectivity index (χ1n) is 9.45. The zero-order valence-electron chi connectivity index (χ0n) is 16.5. The zero-order valence-corrected chi connectivity index (χ0v) is 16.5. The van der Waals surface area contributed by atoms with E-state index in [1.807, 2.05) is 44.3 Å². The monoisotopic (exact) mass is 387 g/mol. The van der Waals surface area contributed by atoms with Gasteiger partial charge in [-0.3, -0.25) is 14.4 Å². The number of H-pyrrole nitrogens is 1. The molecule has 0 radical (unpaired) electrons. The standard InChI is InChI=1S/C20H29N5O3/c1-4-11(2)17(21)20(28)25-16(19(27)24-12(3)18(22)26)9-13-10-23-15-8-6-5-7-14(13)15/h5-8,10-12,16-17,23H,4,9,21H2,1-3H3,(H2,22,26)(H,24,27)(H,25,28)/t11-,12-,16-,17-/m0/s1. The largest absolute Gasteiger partial charge is 0.368 e. The fourth-order valence-electron chi connectivity index (χ4n) is 2.90. The van der Waals surface area contributed by atoms with E-state index in [4.69, 9.17) is 11.5 Å². The molecule has 0 aliphatic heterocycles. The van der Waals surface area contributed by atoms with Crippen molar-refractivity contribution in [2.75, 3.05) is 0 Å². The van der Waals surface area contributed by atoms with Gasteiger partial charge in [-0.1, -0.05) is 38.5 Å². The molecule has 7 N–H and O–H groups in total. The summed E-state index contributed by atoms with van der Waals surface area (Å²) in [6.45, 7) is 5.33. The summed E-state index contributed by atoms with van der Waals surface area (Å²) in [5.74, 6) is -1.56. The van der Waals surface area contributed by atoms with Gasteiger partial charge in [0, 0.05) is 23.5 Å². The lowest BCUT2D eigenvalue weighted by molar-refractivity contribution is -0.131. The molecular formula is C20H29N5O3. The number of nitrogens with two attached hydrogens (primary N) is 2. The summed E-state index contributed by atoms with van der Waals surface area (Å²) in [4.78, 5) is 39.7. The van der Waals surface area contributed by atoms with Crippen LogP contribution in [0.1, 0.15) is 32.8 Å². The van der Waals surface area contributed by atoms with Crippen molar-refractivity contribution in [1.82, 2.24) is 15.6 Å². The number of carbonyl (C=O) groups is 3. The predicted molar refractivity (Wildman–Crippen MR) is 108 cm³/mol. The highest BCUT2D eigenvalue weighted by molar-refractivity contribution is 5.93. The maximum absolute atomic E-state index is 12.7. The van der Waals surface area contributed by atoms with Crippen molar-refractivity contribution in [2.45, 2.75) is 51.7 Å². The van der Waals surface area contributed by atoms with E-state index in [1.165, 1.54) is 6.92 Å². The fraction of sp³-hybridized carbons (Fsp3) is 0.450. The van der Waals surface area contributed by atoms with E-state index < -0.39 is 35.8 Å². The Morgan fingerprint density at radius 3 is 2.43 bits per heavy atom. The molecule has 2 aromatic rings. The summed E-state index contributed by atoms with van der Waals surface area (Å²) in [7, 11) is 0. The molecule has 0 saturated heterocycles. The van der Waals surface area contributed by atoms with Crippen molar-refractivity contribution in [2.24, 2.45) is 17.4 Å². The number of aromatic nitrogens is 1. The molecule has 2 rings (SSSR count). The molecule has 152 valence electrons. The van der Waals surface area contributed by atoms with E-state index in [-0.39, 0.29) is 12.3 Å². The highest BCUT2D eigenvalue weighted by atomic mass is 16.2. The molecule has 0 bridgehead atoms. The first-order valence-corrected chi connectivity index (χ1v) is 9.45. The summed E-state index contributed by atoms with van der Waals surface area (Å²) in [5.41, 5.74) is 13.1. The van der Waals surface area contributed by atoms with Crippen LogP contribution in [0.3, 0.4) is 0 Å². The van der Waals surface area contributed by atoms with Crippen molar-refractivity contribution in [3.63, 3.8) is 0 Å². The van der Waals surface area contributed by atoms with Crippen LogP contribution in [0.5, 0.6) is 0 Å². The molecule has 3 amide bonds. The van der Waals surface area contributed by atoms with Gasteiger partial charge in [0.1, 0.15) is 12.1 Å². The van der Waals surface area contributed by atoms with Gasteiger partial charge in [0.25, 0.3) is 0 Å². The lowest BCUT2D eigenvalue weighted by Crippen LogP contribution is -2.56. The summed E-state index contributed by atoms with van der Waals surface area (Å²) in [6.07, 6.45) is 2.80. The number of para-hydroxylation sites is 1. The maximum atomic E-state index is 12.7. The summed E-state index contributed by atoms with van der Waals surface area (Å²) in [6, 6.07) is 5.23. The maximum Gasteiger partial charge on any atom is 0.243 e. The summed E-state index contributed by atoms with van der Waals surface area (Å²) < 4.78 is 0. The number of fused-ring (bicyclic) bond motifs is 1. The van der Waals surface area contributed by atoms with Crippen LogP contribution in [0.25, 0.3) is 10.9 Å². The SMILES string of the molecule is CC[C@H](C)[C@H](N)C(=O)N[C@@H](Cc1c[nH]c2ccccc12)C(=O)N[C@@H](C)C(N)=O. The Balaban J connectivity index is 2.23. The lowest BCUT2D eigenvalue weighted by atomic mass is 9.98. The molecule has 0 saturated carbocycles. The normalized spacial score (nSPS) is 15.4. The van der Waals surface area contributed by atoms with Gasteiger partial charge in [0.2, 0.25) is 17.7 Å². The van der Waals surface area contributed by atoms with E-state index >= 15 is 0 Å². The molecule has 0 spiro atoms. The number of rotatable bonds is 9. The van der Waals surface area contributed by atoms with E-state index in [0.717, 1.165) is 22.9 Å². The molecule has 8 nitrogen and oxygen atoms in total. The molecule has 0 aliphatic carbocycles. The third kappa shape index (κ3) is 5.10. The molecule has 1 heterocycles. The second-order valence-corrected chi connectivity index (χ2v) is 7.17. The average Bonchev–Trinajstić information content (AvgIpc) is 3.08. The number of primary amides is 1. The summed E-state index contributed by atoms with van der Waals surface area (Å²) >= 11 is 0. The summed E-state index contributed by atoms with van der Waals surface area (Å²) in [5, 5.41) is 6.25. The Bertz CT molecular complexity index is 847. The van der Waals surface area contributed by atoms with Crippen LogP contribution in [0.4, 0.5) is 0 Å². The Morgan fingerprint density at radius 1 is 1.11 bits per heavy atom. The molecule has 1 aromatic heterocycles. The predicted octanol–water partition coefficient (Wildman–Crippen LogP) is 0.559. The van der Waals surface area contributed by atoms with Crippen LogP contribution in [0.15, 0.2) is 30.5 Å². The number of hydrogen-bond donors (Lipinski definition) is 5. The lowest BCUT2D eigenvalue weighted by Gasteiger charge is -2.24. The minimum Gasteiger partial charge on any atom is -0.368 e. The second kappa shape index (κ2) is 9.36. The molecule has 4 atom stereocenters. The van der Waals surface area contributed by atoms with Crippen LogP contribution in [-0.2, 0) is 20.8 Å². The van der Waals surface area contributed by atoms with Gasteiger partial charge < -0.3 is 27.1 Å². The number of nitrogens with one attached hydrogen (secondary N) is 3. The van der Waals surface area contributed by atoms with Crippen LogP contribution in [0.2, 0.25) is 0 Å². The molecular weight excluding hydrogens is 358 g/mol. The van der Waals surface area contributed by atoms with Crippen molar-refractivity contribution in [3.05, 3.63) is 36.0 Å². The van der Waals surface area contributed by atoms with Gasteiger partial charge in [0.05, 0.1) is 6.04 Å². The molecule has 8 heteroatoms. The first kappa shape index (κ1) is 21.4.